The van der Waals surface area contributed by atoms with Gasteiger partial charge in [0.15, 0.2) is 11.6 Å². The normalized spacial score (nSPS) is 15.4. The molecule has 0 unspecified atom stereocenters. The first-order valence-electron chi connectivity index (χ1n) is 8.59. The fourth-order valence-corrected chi connectivity index (χ4v) is 3.16. The van der Waals surface area contributed by atoms with Gasteiger partial charge in [0.1, 0.15) is 12.0 Å². The number of aromatic nitrogens is 2. The average molecular weight is 342 g/mol. The molecule has 2 rings (SSSR count). The van der Waals surface area contributed by atoms with Gasteiger partial charge in [0.25, 0.3) is 0 Å². The monoisotopic (exact) mass is 342 g/mol. The maximum atomic E-state index is 8.87. The van der Waals surface area contributed by atoms with Crippen LogP contribution in [0.2, 0.25) is 0 Å². The van der Waals surface area contributed by atoms with Crippen LogP contribution in [0.15, 0.2) is 6.33 Å². The third-order valence-electron chi connectivity index (χ3n) is 4.70. The number of anilines is 3. The molecule has 1 saturated heterocycles. The summed E-state index contributed by atoms with van der Waals surface area (Å²) in [6.45, 7) is 3.11. The largest absolute Gasteiger partial charge is 0.393 e. The van der Waals surface area contributed by atoms with E-state index in [1.807, 2.05) is 11.9 Å². The van der Waals surface area contributed by atoms with Crippen molar-refractivity contribution in [3.8, 4) is 12.1 Å². The molecule has 1 aromatic heterocycles. The number of likely N-dealkylation sites (tertiary alicyclic amines) is 1. The Labute approximate surface area is 149 Å². The van der Waals surface area contributed by atoms with Crippen molar-refractivity contribution in [3.63, 3.8) is 0 Å². The van der Waals surface area contributed by atoms with E-state index in [1.165, 1.54) is 6.33 Å². The van der Waals surface area contributed by atoms with Gasteiger partial charge in [-0.15, -0.1) is 0 Å². The predicted molar refractivity (Wildman–Crippen MR) is 98.0 cm³/mol. The topological polar surface area (TPSA) is 109 Å². The van der Waals surface area contributed by atoms with Gasteiger partial charge in [-0.3, -0.25) is 0 Å². The zero-order valence-corrected chi connectivity index (χ0v) is 15.0. The zero-order chi connectivity index (χ0) is 18.2. The number of nitriles is 2. The minimum Gasteiger partial charge on any atom is -0.393 e. The summed E-state index contributed by atoms with van der Waals surface area (Å²) in [5.74, 6) is 1.33. The SMILES string of the molecule is CN1CCC(N(C)c2ncnc(N(CCC#N)CCC#N)c2N)CC1. The van der Waals surface area contributed by atoms with Crippen molar-refractivity contribution in [3.05, 3.63) is 6.33 Å². The number of piperidine rings is 1. The van der Waals surface area contributed by atoms with Gasteiger partial charge >= 0.3 is 0 Å². The van der Waals surface area contributed by atoms with E-state index in [-0.39, 0.29) is 0 Å². The molecule has 0 aromatic carbocycles. The van der Waals surface area contributed by atoms with Gasteiger partial charge in [-0.05, 0) is 33.0 Å². The van der Waals surface area contributed by atoms with E-state index in [2.05, 4.69) is 39.0 Å². The van der Waals surface area contributed by atoms with Crippen LogP contribution in [0.25, 0.3) is 0 Å². The number of nitrogen functional groups attached to an aromatic ring is 1. The van der Waals surface area contributed by atoms with Crippen LogP contribution in [-0.2, 0) is 0 Å². The van der Waals surface area contributed by atoms with Gasteiger partial charge < -0.3 is 20.4 Å². The molecular weight excluding hydrogens is 316 g/mol. The maximum Gasteiger partial charge on any atom is 0.157 e. The number of nitrogens with two attached hydrogens (primary N) is 1. The lowest BCUT2D eigenvalue weighted by Gasteiger charge is -2.36. The van der Waals surface area contributed by atoms with Gasteiger partial charge in [-0.25, -0.2) is 9.97 Å². The lowest BCUT2D eigenvalue weighted by atomic mass is 10.0. The molecule has 25 heavy (non-hydrogen) atoms. The van der Waals surface area contributed by atoms with Crippen LogP contribution in [0, 0.1) is 22.7 Å². The molecule has 1 aromatic rings. The second kappa shape index (κ2) is 9.05. The van der Waals surface area contributed by atoms with Crippen molar-refractivity contribution in [1.29, 1.82) is 10.5 Å². The van der Waals surface area contributed by atoms with Crippen molar-refractivity contribution >= 4 is 17.3 Å². The number of nitrogens with zero attached hydrogens (tertiary/aromatic N) is 7. The fourth-order valence-electron chi connectivity index (χ4n) is 3.16. The van der Waals surface area contributed by atoms with E-state index >= 15 is 0 Å². The van der Waals surface area contributed by atoms with Gasteiger partial charge in [0, 0.05) is 26.2 Å². The molecule has 1 aliphatic heterocycles. The number of rotatable bonds is 7. The summed E-state index contributed by atoms with van der Waals surface area (Å²) in [6.07, 6.45) is 4.36. The molecule has 0 amide bonds. The molecule has 0 bridgehead atoms. The molecule has 1 fully saturated rings. The summed E-state index contributed by atoms with van der Waals surface area (Å²) >= 11 is 0. The molecule has 2 heterocycles. The first-order chi connectivity index (χ1) is 12.1. The minimum absolute atomic E-state index is 0.356. The zero-order valence-electron chi connectivity index (χ0n) is 15.0. The highest BCUT2D eigenvalue weighted by Gasteiger charge is 2.24. The molecule has 134 valence electrons. The van der Waals surface area contributed by atoms with Gasteiger partial charge in [0.2, 0.25) is 0 Å². The summed E-state index contributed by atoms with van der Waals surface area (Å²) in [7, 11) is 4.16. The van der Waals surface area contributed by atoms with Gasteiger partial charge in [0.05, 0.1) is 25.0 Å². The van der Waals surface area contributed by atoms with E-state index in [9.17, 15) is 0 Å². The highest BCUT2D eigenvalue weighted by atomic mass is 15.3. The van der Waals surface area contributed by atoms with Crippen LogP contribution in [0.4, 0.5) is 17.3 Å². The van der Waals surface area contributed by atoms with Crippen LogP contribution in [-0.4, -0.2) is 61.2 Å². The Morgan fingerprint density at radius 1 is 1.16 bits per heavy atom. The molecule has 8 nitrogen and oxygen atoms in total. The van der Waals surface area contributed by atoms with Crippen molar-refractivity contribution in [1.82, 2.24) is 14.9 Å². The third-order valence-corrected chi connectivity index (χ3v) is 4.70. The lowest BCUT2D eigenvalue weighted by Crippen LogP contribution is -2.42. The van der Waals surface area contributed by atoms with Crippen LogP contribution in [0.1, 0.15) is 25.7 Å². The Bertz CT molecular complexity index is 621. The second-order valence-corrected chi connectivity index (χ2v) is 6.38. The van der Waals surface area contributed by atoms with E-state index in [1.54, 1.807) is 0 Å². The Kier molecular flexibility index (Phi) is 6.79. The molecule has 0 spiro atoms. The highest BCUT2D eigenvalue weighted by Crippen LogP contribution is 2.31. The highest BCUT2D eigenvalue weighted by molar-refractivity contribution is 5.75. The van der Waals surface area contributed by atoms with E-state index < -0.39 is 0 Å². The molecule has 2 N–H and O–H groups in total. The van der Waals surface area contributed by atoms with E-state index in [0.717, 1.165) is 31.7 Å². The van der Waals surface area contributed by atoms with Crippen LogP contribution in [0.5, 0.6) is 0 Å². The second-order valence-electron chi connectivity index (χ2n) is 6.38. The Morgan fingerprint density at radius 3 is 2.28 bits per heavy atom. The molecule has 0 atom stereocenters. The standard InChI is InChI=1S/C17H26N8/c1-23-11-5-14(6-12-23)24(2)16-15(20)17(22-13-21-16)25(9-3-7-18)10-4-8-19/h13-14H,3-6,9-12,20H2,1-2H3. The smallest absolute Gasteiger partial charge is 0.157 e. The molecular formula is C17H26N8. The summed E-state index contributed by atoms with van der Waals surface area (Å²) < 4.78 is 0. The number of hydrogen-bond donors (Lipinski definition) is 1. The summed E-state index contributed by atoms with van der Waals surface area (Å²) in [6, 6.07) is 4.66. The third kappa shape index (κ3) is 4.71. The fraction of sp³-hybridized carbons (Fsp3) is 0.647. The molecule has 1 aliphatic rings. The van der Waals surface area contributed by atoms with Crippen molar-refractivity contribution < 1.29 is 0 Å². The van der Waals surface area contributed by atoms with E-state index in [4.69, 9.17) is 16.3 Å². The molecule has 8 heteroatoms. The van der Waals surface area contributed by atoms with Crippen molar-refractivity contribution in [2.24, 2.45) is 0 Å². The lowest BCUT2D eigenvalue weighted by molar-refractivity contribution is 0.252. The average Bonchev–Trinajstić information content (AvgIpc) is 2.62. The molecule has 0 saturated carbocycles. The van der Waals surface area contributed by atoms with Gasteiger partial charge in [-0.2, -0.15) is 10.5 Å². The van der Waals surface area contributed by atoms with Crippen LogP contribution in [0.3, 0.4) is 0 Å². The quantitative estimate of drug-likeness (QED) is 0.788. The first kappa shape index (κ1) is 18.8. The maximum absolute atomic E-state index is 8.87. The Balaban J connectivity index is 2.22. The first-order valence-corrected chi connectivity index (χ1v) is 8.59. The number of hydrogen-bond acceptors (Lipinski definition) is 8. The Morgan fingerprint density at radius 2 is 1.72 bits per heavy atom. The summed E-state index contributed by atoms with van der Waals surface area (Å²) in [4.78, 5) is 15.1. The molecule has 0 aliphatic carbocycles. The van der Waals surface area contributed by atoms with Crippen LogP contribution >= 0.6 is 0 Å². The predicted octanol–water partition coefficient (Wildman–Crippen LogP) is 1.22. The van der Waals surface area contributed by atoms with E-state index in [0.29, 0.717) is 43.5 Å². The minimum atomic E-state index is 0.356. The van der Waals surface area contributed by atoms with Gasteiger partial charge in [-0.1, -0.05) is 0 Å². The molecule has 0 radical (unpaired) electrons. The Hall–Kier alpha value is -2.58. The summed E-state index contributed by atoms with van der Waals surface area (Å²) in [5.41, 5.74) is 6.89. The van der Waals surface area contributed by atoms with Crippen molar-refractivity contribution in [2.45, 2.75) is 31.7 Å². The van der Waals surface area contributed by atoms with Crippen LogP contribution < -0.4 is 15.5 Å². The van der Waals surface area contributed by atoms with Crippen molar-refractivity contribution in [2.75, 3.05) is 55.8 Å². The summed E-state index contributed by atoms with van der Waals surface area (Å²) in [5, 5.41) is 17.7.